The largest absolute Gasteiger partial charge is 0.508 e. The first-order valence-electron chi connectivity index (χ1n) is 13.9. The molecule has 2 heterocycles. The third kappa shape index (κ3) is 6.10. The molecular formula is C33H29N3O8. The Morgan fingerprint density at radius 2 is 1.86 bits per heavy atom. The number of aryl methyl sites for hydroxylation is 1. The summed E-state index contributed by atoms with van der Waals surface area (Å²) in [5.41, 5.74) is 0.751. The molecule has 0 spiro atoms. The molecule has 0 saturated carbocycles. The molecule has 1 aliphatic carbocycles. The summed E-state index contributed by atoms with van der Waals surface area (Å²) in [5, 5.41) is 23.1. The number of aromatic nitrogens is 2. The van der Waals surface area contributed by atoms with Gasteiger partial charge >= 0.3 is 11.7 Å². The van der Waals surface area contributed by atoms with E-state index in [9.17, 15) is 34.2 Å². The number of nitrogens with zero attached hydrogens (tertiary/aromatic N) is 1. The van der Waals surface area contributed by atoms with Gasteiger partial charge in [-0.25, -0.2) is 9.59 Å². The van der Waals surface area contributed by atoms with E-state index < -0.39 is 29.0 Å². The number of H-pyrrole nitrogens is 1. The van der Waals surface area contributed by atoms with Crippen molar-refractivity contribution >= 4 is 17.7 Å². The average Bonchev–Trinajstić information content (AvgIpc) is 2.96. The topological polar surface area (TPSA) is 168 Å². The lowest BCUT2D eigenvalue weighted by molar-refractivity contribution is -0.114. The molecule has 11 nitrogen and oxygen atoms in total. The lowest BCUT2D eigenvalue weighted by Crippen LogP contribution is -2.34. The molecule has 0 radical (unpaired) electrons. The molecule has 1 aliphatic heterocycles. The van der Waals surface area contributed by atoms with Crippen LogP contribution in [0, 0.1) is 17.8 Å². The highest BCUT2D eigenvalue weighted by Crippen LogP contribution is 2.47. The van der Waals surface area contributed by atoms with Crippen molar-refractivity contribution in [2.45, 2.75) is 38.6 Å². The van der Waals surface area contributed by atoms with E-state index in [2.05, 4.69) is 22.1 Å². The summed E-state index contributed by atoms with van der Waals surface area (Å²) in [4.78, 5) is 63.5. The van der Waals surface area contributed by atoms with E-state index in [0.717, 1.165) is 0 Å². The number of aromatic carboxylic acids is 1. The van der Waals surface area contributed by atoms with Crippen molar-refractivity contribution in [2.75, 3.05) is 0 Å². The number of phenolic OH excluding ortho intramolecular Hbond substituents is 1. The highest BCUT2D eigenvalue weighted by molar-refractivity contribution is 5.99. The van der Waals surface area contributed by atoms with Gasteiger partial charge in [-0.1, -0.05) is 37.0 Å². The summed E-state index contributed by atoms with van der Waals surface area (Å²) in [7, 11) is 1.50. The molecule has 5 rings (SSSR count). The lowest BCUT2D eigenvalue weighted by Gasteiger charge is -2.32. The fourth-order valence-corrected chi connectivity index (χ4v) is 5.38. The van der Waals surface area contributed by atoms with E-state index in [1.54, 1.807) is 31.2 Å². The number of carboxylic acids is 1. The average molecular weight is 596 g/mol. The van der Waals surface area contributed by atoms with Gasteiger partial charge in [0.2, 0.25) is 0 Å². The van der Waals surface area contributed by atoms with Crippen LogP contribution in [0.2, 0.25) is 0 Å². The van der Waals surface area contributed by atoms with Gasteiger partial charge in [-0.15, -0.1) is 0 Å². The van der Waals surface area contributed by atoms with Gasteiger partial charge in [0.1, 0.15) is 22.8 Å². The third-order valence-corrected chi connectivity index (χ3v) is 7.46. The SMILES string of the molecule is CC(C#Cc1cn(C)c(=O)[nH]c1=O)CC(C)NC(=O)c1ccc(C2C3=C(CC(=O)C=C3)Oc3cc(O)ccc32)c(C(=O)O)c1. The maximum Gasteiger partial charge on any atom is 0.336 e. The number of aromatic amines is 1. The number of rotatable bonds is 6. The predicted molar refractivity (Wildman–Crippen MR) is 160 cm³/mol. The zero-order valence-corrected chi connectivity index (χ0v) is 24.1. The molecule has 0 saturated heterocycles. The van der Waals surface area contributed by atoms with Gasteiger partial charge in [0, 0.05) is 53.9 Å². The number of fused-ring (bicyclic) bond motifs is 1. The molecule has 224 valence electrons. The number of amides is 1. The van der Waals surface area contributed by atoms with Crippen LogP contribution in [0.4, 0.5) is 0 Å². The van der Waals surface area contributed by atoms with Crippen LogP contribution >= 0.6 is 0 Å². The van der Waals surface area contributed by atoms with Crippen LogP contribution in [-0.4, -0.2) is 43.5 Å². The van der Waals surface area contributed by atoms with E-state index in [4.69, 9.17) is 4.74 Å². The minimum Gasteiger partial charge on any atom is -0.508 e. The molecule has 3 aromatic rings. The van der Waals surface area contributed by atoms with Gasteiger partial charge in [0.05, 0.1) is 12.0 Å². The fraction of sp³-hybridized carbons (Fsp3) is 0.242. The Hall–Kier alpha value is -5.63. The number of ether oxygens (including phenoxy) is 1. The highest BCUT2D eigenvalue weighted by atomic mass is 16.5. The Morgan fingerprint density at radius 3 is 2.61 bits per heavy atom. The number of benzene rings is 2. The molecule has 3 unspecified atom stereocenters. The number of hydrogen-bond donors (Lipinski definition) is 4. The zero-order chi connectivity index (χ0) is 31.7. The van der Waals surface area contributed by atoms with E-state index in [-0.39, 0.29) is 46.6 Å². The van der Waals surface area contributed by atoms with E-state index in [1.165, 1.54) is 42.1 Å². The van der Waals surface area contributed by atoms with Crippen LogP contribution < -0.4 is 21.3 Å². The molecule has 2 aromatic carbocycles. The number of nitrogens with one attached hydrogen (secondary N) is 2. The maximum absolute atomic E-state index is 13.2. The molecule has 0 bridgehead atoms. The molecule has 1 aromatic heterocycles. The minimum atomic E-state index is -1.23. The van der Waals surface area contributed by atoms with Crippen molar-refractivity contribution in [1.82, 2.24) is 14.9 Å². The van der Waals surface area contributed by atoms with Crippen molar-refractivity contribution in [3.8, 4) is 23.3 Å². The predicted octanol–water partition coefficient (Wildman–Crippen LogP) is 2.98. The van der Waals surface area contributed by atoms with Crippen molar-refractivity contribution in [2.24, 2.45) is 13.0 Å². The van der Waals surface area contributed by atoms with Crippen molar-refractivity contribution in [1.29, 1.82) is 0 Å². The Bertz CT molecular complexity index is 1950. The molecule has 0 fully saturated rings. The number of carbonyl (C=O) groups is 3. The van der Waals surface area contributed by atoms with Crippen LogP contribution in [0.15, 0.2) is 75.7 Å². The third-order valence-electron chi connectivity index (χ3n) is 7.46. The van der Waals surface area contributed by atoms with Crippen molar-refractivity contribution in [3.63, 3.8) is 0 Å². The molecule has 11 heteroatoms. The second-order valence-electron chi connectivity index (χ2n) is 10.9. The molecular weight excluding hydrogens is 566 g/mol. The van der Waals surface area contributed by atoms with E-state index >= 15 is 0 Å². The first-order valence-corrected chi connectivity index (χ1v) is 13.9. The van der Waals surface area contributed by atoms with Crippen LogP contribution in [0.3, 0.4) is 0 Å². The lowest BCUT2D eigenvalue weighted by atomic mass is 9.78. The van der Waals surface area contributed by atoms with Gasteiger partial charge in [0.25, 0.3) is 11.5 Å². The molecule has 3 atom stereocenters. The first kappa shape index (κ1) is 29.8. The van der Waals surface area contributed by atoms with E-state index in [1.807, 2.05) is 6.92 Å². The van der Waals surface area contributed by atoms with Crippen LogP contribution in [0.5, 0.6) is 11.5 Å². The summed E-state index contributed by atoms with van der Waals surface area (Å²) in [5.74, 6) is 3.72. The number of aromatic hydroxyl groups is 1. The Labute approximate surface area is 251 Å². The highest BCUT2D eigenvalue weighted by Gasteiger charge is 2.35. The van der Waals surface area contributed by atoms with Crippen molar-refractivity contribution < 1.29 is 29.3 Å². The van der Waals surface area contributed by atoms with Crippen LogP contribution in [-0.2, 0) is 11.8 Å². The first-order chi connectivity index (χ1) is 20.9. The van der Waals surface area contributed by atoms with Gasteiger partial charge in [-0.05, 0) is 43.2 Å². The molecule has 4 N–H and O–H groups in total. The smallest absolute Gasteiger partial charge is 0.336 e. The summed E-state index contributed by atoms with van der Waals surface area (Å²) >= 11 is 0. The number of phenols is 1. The Kier molecular flexibility index (Phi) is 8.09. The second kappa shape index (κ2) is 11.9. The molecule has 1 amide bonds. The Balaban J connectivity index is 1.38. The summed E-state index contributed by atoms with van der Waals surface area (Å²) in [6.45, 7) is 3.63. The summed E-state index contributed by atoms with van der Waals surface area (Å²) in [6, 6.07) is 8.66. The van der Waals surface area contributed by atoms with Crippen LogP contribution in [0.25, 0.3) is 0 Å². The number of carboxylic acid groups (broad SMARTS) is 1. The molecule has 2 aliphatic rings. The van der Waals surface area contributed by atoms with Gasteiger partial charge in [0.15, 0.2) is 5.78 Å². The van der Waals surface area contributed by atoms with Gasteiger partial charge < -0.3 is 24.8 Å². The fourth-order valence-electron chi connectivity index (χ4n) is 5.38. The number of allylic oxidation sites excluding steroid dienone is 4. The van der Waals surface area contributed by atoms with Gasteiger partial charge in [-0.2, -0.15) is 0 Å². The summed E-state index contributed by atoms with van der Waals surface area (Å²) in [6.07, 6.45) is 4.85. The molecule has 44 heavy (non-hydrogen) atoms. The second-order valence-corrected chi connectivity index (χ2v) is 10.9. The van der Waals surface area contributed by atoms with Crippen LogP contribution in [0.1, 0.15) is 70.0 Å². The summed E-state index contributed by atoms with van der Waals surface area (Å²) < 4.78 is 7.16. The minimum absolute atomic E-state index is 0.00251. The number of hydrogen-bond acceptors (Lipinski definition) is 7. The van der Waals surface area contributed by atoms with E-state index in [0.29, 0.717) is 34.6 Å². The standard InChI is InChI=1S/C33H29N3O8/c1-17(4-5-20-16-36(3)33(43)35-31(20)40)12-18(2)34-30(39)19-6-9-23(26(13-19)32(41)42)29-24-10-7-21(37)14-27(24)44-28-15-22(38)8-11-25(28)29/h6-11,13-14,16-18,29,37H,12,15H2,1-3H3,(H,34,39)(H,41,42)(H,35,40,43). The maximum atomic E-state index is 13.2. The number of ketones is 1. The van der Waals surface area contributed by atoms with Crippen molar-refractivity contribution in [3.05, 3.63) is 115 Å². The zero-order valence-electron chi connectivity index (χ0n) is 24.1. The number of carbonyl (C=O) groups excluding carboxylic acids is 2. The Morgan fingerprint density at radius 1 is 1.11 bits per heavy atom. The monoisotopic (exact) mass is 595 g/mol. The normalized spacial score (nSPS) is 16.5. The quantitative estimate of drug-likeness (QED) is 0.316. The van der Waals surface area contributed by atoms with Gasteiger partial charge in [-0.3, -0.25) is 19.4 Å².